The van der Waals surface area contributed by atoms with E-state index in [-0.39, 0.29) is 85.6 Å². The number of hydrogen-bond acceptors (Lipinski definition) is 15. The Morgan fingerprint density at radius 2 is 1.22 bits per heavy atom. The minimum atomic E-state index is -4.75. The lowest BCUT2D eigenvalue weighted by molar-refractivity contribution is -0.121. The molecular formula is C34H55N11O17P4S. The first kappa shape index (κ1) is 54.5. The zero-order valence-corrected chi connectivity index (χ0v) is 40.2. The highest BCUT2D eigenvalue weighted by Crippen LogP contribution is 2.42. The van der Waals surface area contributed by atoms with Gasteiger partial charge < -0.3 is 69.9 Å². The van der Waals surface area contributed by atoms with Gasteiger partial charge in [-0.05, 0) is 37.1 Å². The lowest BCUT2D eigenvalue weighted by atomic mass is 10.0. The topological polar surface area (TPSA) is 403 Å². The molecule has 3 aromatic heterocycles. The van der Waals surface area contributed by atoms with Gasteiger partial charge >= 0.3 is 36.4 Å². The minimum absolute atomic E-state index is 0.00686. The van der Waals surface area contributed by atoms with Crippen LogP contribution < -0.4 is 21.3 Å². The molecule has 67 heavy (non-hydrogen) atoms. The van der Waals surface area contributed by atoms with Crippen LogP contribution in [0.25, 0.3) is 11.6 Å². The number of nitrogens with zero attached hydrogens (tertiary/aromatic N) is 7. The van der Waals surface area contributed by atoms with E-state index in [1.165, 1.54) is 46.0 Å². The maximum Gasteiger partial charge on any atom is 0.339 e. The van der Waals surface area contributed by atoms with Gasteiger partial charge in [0.1, 0.15) is 25.1 Å². The molecule has 2 fully saturated rings. The fourth-order valence-corrected chi connectivity index (χ4v) is 11.8. The highest BCUT2D eigenvalue weighted by Gasteiger charge is 2.42. The molecule has 3 aromatic rings. The molecule has 0 unspecified atom stereocenters. The molecule has 2 saturated heterocycles. The van der Waals surface area contributed by atoms with E-state index in [9.17, 15) is 71.8 Å². The number of carbonyl (C=O) groups is 3. The summed E-state index contributed by atoms with van der Waals surface area (Å²) in [4.78, 5) is 119. The Hall–Kier alpha value is -3.43. The smallest absolute Gasteiger partial charge is 0.339 e. The highest BCUT2D eigenvalue weighted by molar-refractivity contribution is 8.00. The Balaban J connectivity index is 1.13. The maximum atomic E-state index is 13.5. The fourth-order valence-electron chi connectivity index (χ4n) is 7.09. The monoisotopic (exact) mass is 1050 g/mol. The molecule has 374 valence electrons. The molecule has 0 bridgehead atoms. The molecule has 0 aliphatic carbocycles. The number of amides is 4. The van der Waals surface area contributed by atoms with Gasteiger partial charge in [0.25, 0.3) is 5.91 Å². The molecule has 0 aromatic carbocycles. The van der Waals surface area contributed by atoms with Crippen LogP contribution >= 0.6 is 42.1 Å². The molecule has 5 rings (SSSR count). The van der Waals surface area contributed by atoms with Crippen molar-refractivity contribution in [1.29, 1.82) is 0 Å². The fraction of sp³-hybridized carbons (Fsp3) is 0.588. The molecule has 3 atom stereocenters. The van der Waals surface area contributed by atoms with Crippen LogP contribution in [0.1, 0.15) is 47.4 Å². The SMILES string of the molecule is O=C(CCCC[C@H]1SC[C@H]2NC(=O)N[C@H]21)NCCOCCOCCNC(=O)c1cc(-n2ccc(CN(CP(=O)(O)O)CP(=O)(O)O)n2)nc(-n2ccc(CN(CP(=O)(O)O)CP(=O)(O)O)n2)c1. The summed E-state index contributed by atoms with van der Waals surface area (Å²) >= 11 is 1.84. The first-order valence-electron chi connectivity index (χ1n) is 20.5. The first-order valence-corrected chi connectivity index (χ1v) is 28.8. The average Bonchev–Trinajstić information content (AvgIpc) is 4.01. The standard InChI is InChI=1S/C34H55N11O17P4S/c46-31(4-2-1-3-28-32-27(19-67-28)37-34(48)39-32)35-7-11-61-13-14-62-12-8-36-33(47)24-15-29(44-9-5-25(40-44)17-42(20-63(49,50)51)21-64(52,53)54)38-30(16-24)45-10-6-26(41-45)18-43(22-65(55,56)57)23-66(58,59)60/h5-6,9-10,15-16,27-28,32H,1-4,7-8,11-14,17-23H2,(H,35,46)(H,36,47)(H2,37,39,48)(H2,49,50,51)(H2,52,53,54)(H2,55,56,57)(H2,58,59,60)/t27-,28-,32-/m1/s1. The molecule has 33 heteroatoms. The van der Waals surface area contributed by atoms with Crippen LogP contribution in [0.15, 0.2) is 36.7 Å². The van der Waals surface area contributed by atoms with Crippen molar-refractivity contribution in [3.05, 3.63) is 53.6 Å². The summed E-state index contributed by atoms with van der Waals surface area (Å²) < 4.78 is 60.2. The average molecular weight is 1050 g/mol. The molecule has 5 heterocycles. The van der Waals surface area contributed by atoms with E-state index in [0.29, 0.717) is 18.2 Å². The van der Waals surface area contributed by atoms with Gasteiger partial charge in [-0.2, -0.15) is 22.0 Å². The molecule has 4 amide bonds. The van der Waals surface area contributed by atoms with Crippen LogP contribution in [0.5, 0.6) is 0 Å². The molecule has 0 radical (unpaired) electrons. The molecule has 28 nitrogen and oxygen atoms in total. The van der Waals surface area contributed by atoms with Crippen molar-refractivity contribution in [3.63, 3.8) is 0 Å². The van der Waals surface area contributed by atoms with E-state index in [1.54, 1.807) is 0 Å². The van der Waals surface area contributed by atoms with Gasteiger partial charge in [-0.15, -0.1) is 0 Å². The summed E-state index contributed by atoms with van der Waals surface area (Å²) in [5, 5.41) is 20.4. The molecule has 2 aliphatic rings. The van der Waals surface area contributed by atoms with Crippen LogP contribution in [-0.2, 0) is 45.6 Å². The Bertz CT molecular complexity index is 2200. The second-order valence-electron chi connectivity index (χ2n) is 15.7. The van der Waals surface area contributed by atoms with Crippen molar-refractivity contribution >= 4 is 60.0 Å². The minimum Gasteiger partial charge on any atom is -0.377 e. The summed E-state index contributed by atoms with van der Waals surface area (Å²) in [7, 11) is -19.0. The number of aromatic nitrogens is 5. The van der Waals surface area contributed by atoms with Crippen LogP contribution in [0.3, 0.4) is 0 Å². The van der Waals surface area contributed by atoms with Gasteiger partial charge in [0.05, 0.1) is 49.9 Å². The second-order valence-corrected chi connectivity index (χ2v) is 23.4. The number of thioether (sulfide) groups is 1. The Morgan fingerprint density at radius 1 is 0.731 bits per heavy atom. The quantitative estimate of drug-likeness (QED) is 0.0230. The predicted molar refractivity (Wildman–Crippen MR) is 238 cm³/mol. The van der Waals surface area contributed by atoms with Crippen LogP contribution in [0.4, 0.5) is 4.79 Å². The number of pyridine rings is 1. The molecule has 2 aliphatic heterocycles. The van der Waals surface area contributed by atoms with Gasteiger partial charge in [-0.25, -0.2) is 19.1 Å². The van der Waals surface area contributed by atoms with E-state index in [4.69, 9.17) is 9.47 Å². The van der Waals surface area contributed by atoms with Crippen molar-refractivity contribution in [2.45, 2.75) is 56.1 Å². The number of fused-ring (bicyclic) bond motifs is 1. The lowest BCUT2D eigenvalue weighted by Crippen LogP contribution is -2.36. The van der Waals surface area contributed by atoms with E-state index >= 15 is 0 Å². The largest absolute Gasteiger partial charge is 0.377 e. The zero-order valence-electron chi connectivity index (χ0n) is 35.8. The van der Waals surface area contributed by atoms with E-state index in [2.05, 4.69) is 36.4 Å². The summed E-state index contributed by atoms with van der Waals surface area (Å²) in [6, 6.07) is 5.67. The van der Waals surface area contributed by atoms with E-state index in [1.807, 2.05) is 11.8 Å². The van der Waals surface area contributed by atoms with Crippen LogP contribution in [0.2, 0.25) is 0 Å². The Kier molecular flexibility index (Phi) is 19.9. The third kappa shape index (κ3) is 19.8. The van der Waals surface area contributed by atoms with E-state index < -0.39 is 74.5 Å². The molecule has 0 saturated carbocycles. The number of urea groups is 1. The number of ether oxygens (including phenoxy) is 2. The van der Waals surface area contributed by atoms with Crippen molar-refractivity contribution in [2.24, 2.45) is 0 Å². The van der Waals surface area contributed by atoms with Crippen molar-refractivity contribution < 1.29 is 81.3 Å². The summed E-state index contributed by atoms with van der Waals surface area (Å²) in [5.74, 6) is 0.224. The third-order valence-corrected chi connectivity index (χ3v) is 14.3. The summed E-state index contributed by atoms with van der Waals surface area (Å²) in [5.41, 5.74) is 0.250. The number of nitrogens with one attached hydrogen (secondary N) is 4. The highest BCUT2D eigenvalue weighted by atomic mass is 32.2. The molecule has 0 spiro atoms. The summed E-state index contributed by atoms with van der Waals surface area (Å²) in [6.07, 6.45) is 1.76. The van der Waals surface area contributed by atoms with Crippen molar-refractivity contribution in [2.75, 3.05) is 70.4 Å². The third-order valence-electron chi connectivity index (χ3n) is 9.68. The van der Waals surface area contributed by atoms with Crippen molar-refractivity contribution in [1.82, 2.24) is 55.6 Å². The molecule has 12 N–H and O–H groups in total. The number of rotatable bonds is 29. The molecular weight excluding hydrogens is 990 g/mol. The zero-order chi connectivity index (χ0) is 49.0. The van der Waals surface area contributed by atoms with Gasteiger partial charge in [-0.3, -0.25) is 37.6 Å². The number of hydrogen-bond donors (Lipinski definition) is 12. The predicted octanol–water partition coefficient (Wildman–Crippen LogP) is -0.797. The van der Waals surface area contributed by atoms with Crippen LogP contribution in [-0.4, -0.2) is 179 Å². The van der Waals surface area contributed by atoms with Crippen LogP contribution in [0, 0.1) is 0 Å². The normalized spacial score (nSPS) is 17.8. The summed E-state index contributed by atoms with van der Waals surface area (Å²) in [6.45, 7) is 0.336. The van der Waals surface area contributed by atoms with E-state index in [0.717, 1.165) is 34.8 Å². The van der Waals surface area contributed by atoms with Gasteiger partial charge in [0.15, 0.2) is 11.6 Å². The number of unbranched alkanes of at least 4 members (excludes halogenated alkanes) is 1. The van der Waals surface area contributed by atoms with Gasteiger partial charge in [0.2, 0.25) is 5.91 Å². The van der Waals surface area contributed by atoms with Crippen molar-refractivity contribution in [3.8, 4) is 11.6 Å². The second kappa shape index (κ2) is 24.4. The number of carbonyl (C=O) groups excluding carboxylic acids is 3. The Morgan fingerprint density at radius 3 is 1.72 bits per heavy atom. The Labute approximate surface area is 387 Å². The van der Waals surface area contributed by atoms with Gasteiger partial charge in [-0.1, -0.05) is 6.42 Å². The first-order chi connectivity index (χ1) is 31.4. The maximum absolute atomic E-state index is 13.5. The van der Waals surface area contributed by atoms with Gasteiger partial charge in [0, 0.05) is 61.6 Å². The lowest BCUT2D eigenvalue weighted by Gasteiger charge is -2.21.